The standard InChI is InChI=1S/C13H24N2/c1-3-11-8-14-12(10-4-5-10)9-15(11)13(2)6-7-13/h10-12,14H,3-9H2,1-2H3. The van der Waals surface area contributed by atoms with Gasteiger partial charge in [0.25, 0.3) is 0 Å². The van der Waals surface area contributed by atoms with Crippen molar-refractivity contribution in [1.29, 1.82) is 0 Å². The summed E-state index contributed by atoms with van der Waals surface area (Å²) in [6.45, 7) is 7.35. The predicted octanol–water partition coefficient (Wildman–Crippen LogP) is 2.00. The summed E-state index contributed by atoms with van der Waals surface area (Å²) >= 11 is 0. The van der Waals surface area contributed by atoms with Crippen molar-refractivity contribution >= 4 is 0 Å². The summed E-state index contributed by atoms with van der Waals surface area (Å²) < 4.78 is 0. The largest absolute Gasteiger partial charge is 0.311 e. The maximum atomic E-state index is 3.77. The molecule has 15 heavy (non-hydrogen) atoms. The Morgan fingerprint density at radius 2 is 2.07 bits per heavy atom. The summed E-state index contributed by atoms with van der Waals surface area (Å²) in [6, 6.07) is 1.61. The normalized spacial score (nSPS) is 40.4. The Labute approximate surface area is 93.4 Å². The molecular formula is C13H24N2. The van der Waals surface area contributed by atoms with Gasteiger partial charge in [0, 0.05) is 30.7 Å². The molecule has 3 rings (SSSR count). The highest BCUT2D eigenvalue weighted by molar-refractivity contribution is 5.06. The van der Waals surface area contributed by atoms with Gasteiger partial charge in [0.05, 0.1) is 0 Å². The molecule has 0 radical (unpaired) electrons. The molecule has 86 valence electrons. The maximum Gasteiger partial charge on any atom is 0.0224 e. The van der Waals surface area contributed by atoms with Crippen molar-refractivity contribution in [2.24, 2.45) is 5.92 Å². The second-order valence-corrected chi connectivity index (χ2v) is 6.06. The Morgan fingerprint density at radius 3 is 2.60 bits per heavy atom. The van der Waals surface area contributed by atoms with Crippen LogP contribution in [0.25, 0.3) is 0 Å². The van der Waals surface area contributed by atoms with Gasteiger partial charge in [-0.05, 0) is 44.9 Å². The molecule has 2 aliphatic carbocycles. The second kappa shape index (κ2) is 3.46. The monoisotopic (exact) mass is 208 g/mol. The molecule has 0 spiro atoms. The lowest BCUT2D eigenvalue weighted by molar-refractivity contribution is 0.0683. The SMILES string of the molecule is CCC1CNC(C2CC2)CN1C1(C)CC1. The van der Waals surface area contributed by atoms with E-state index in [-0.39, 0.29) is 0 Å². The third-order valence-electron chi connectivity index (χ3n) is 4.78. The van der Waals surface area contributed by atoms with Crippen molar-refractivity contribution in [1.82, 2.24) is 10.2 Å². The van der Waals surface area contributed by atoms with Crippen LogP contribution in [0.3, 0.4) is 0 Å². The van der Waals surface area contributed by atoms with Gasteiger partial charge in [-0.25, -0.2) is 0 Å². The summed E-state index contributed by atoms with van der Waals surface area (Å²) in [5, 5.41) is 3.77. The molecule has 0 bridgehead atoms. The molecule has 2 heteroatoms. The fourth-order valence-corrected chi connectivity index (χ4v) is 3.13. The minimum Gasteiger partial charge on any atom is -0.311 e. The first-order chi connectivity index (χ1) is 7.23. The number of hydrogen-bond acceptors (Lipinski definition) is 2. The Bertz CT molecular complexity index is 243. The lowest BCUT2D eigenvalue weighted by Crippen LogP contribution is -2.60. The lowest BCUT2D eigenvalue weighted by atomic mass is 10.0. The zero-order valence-corrected chi connectivity index (χ0v) is 10.1. The van der Waals surface area contributed by atoms with Crippen LogP contribution in [-0.2, 0) is 0 Å². The Balaban J connectivity index is 1.69. The quantitative estimate of drug-likeness (QED) is 0.763. The first-order valence-corrected chi connectivity index (χ1v) is 6.73. The van der Waals surface area contributed by atoms with E-state index in [0.29, 0.717) is 5.54 Å². The summed E-state index contributed by atoms with van der Waals surface area (Å²) in [5.74, 6) is 1.01. The van der Waals surface area contributed by atoms with E-state index in [1.807, 2.05) is 0 Å². The molecule has 2 saturated carbocycles. The van der Waals surface area contributed by atoms with E-state index < -0.39 is 0 Å². The third kappa shape index (κ3) is 1.83. The van der Waals surface area contributed by atoms with E-state index in [1.165, 1.54) is 45.2 Å². The summed E-state index contributed by atoms with van der Waals surface area (Å²) in [5.41, 5.74) is 0.579. The van der Waals surface area contributed by atoms with Gasteiger partial charge in [-0.15, -0.1) is 0 Å². The number of hydrogen-bond donors (Lipinski definition) is 1. The van der Waals surface area contributed by atoms with Gasteiger partial charge in [0.2, 0.25) is 0 Å². The Hall–Kier alpha value is -0.0800. The average Bonchev–Trinajstić information content (AvgIpc) is 3.11. The van der Waals surface area contributed by atoms with Crippen LogP contribution in [0.4, 0.5) is 0 Å². The van der Waals surface area contributed by atoms with Crippen LogP contribution >= 0.6 is 0 Å². The average molecular weight is 208 g/mol. The molecule has 0 aromatic rings. The summed E-state index contributed by atoms with van der Waals surface area (Å²) in [4.78, 5) is 2.83. The van der Waals surface area contributed by atoms with E-state index in [2.05, 4.69) is 24.1 Å². The molecule has 0 aromatic heterocycles. The zero-order valence-electron chi connectivity index (χ0n) is 10.1. The fraction of sp³-hybridized carbons (Fsp3) is 1.00. The van der Waals surface area contributed by atoms with E-state index in [4.69, 9.17) is 0 Å². The number of rotatable bonds is 3. The molecule has 1 heterocycles. The highest BCUT2D eigenvalue weighted by Gasteiger charge is 2.49. The number of nitrogens with one attached hydrogen (secondary N) is 1. The van der Waals surface area contributed by atoms with Gasteiger partial charge < -0.3 is 5.32 Å². The molecular weight excluding hydrogens is 184 g/mol. The topological polar surface area (TPSA) is 15.3 Å². The van der Waals surface area contributed by atoms with Crippen LogP contribution in [-0.4, -0.2) is 35.6 Å². The van der Waals surface area contributed by atoms with E-state index in [9.17, 15) is 0 Å². The van der Waals surface area contributed by atoms with Crippen LogP contribution in [0.2, 0.25) is 0 Å². The van der Waals surface area contributed by atoms with E-state index in [0.717, 1.165) is 18.0 Å². The molecule has 2 nitrogen and oxygen atoms in total. The Morgan fingerprint density at radius 1 is 1.33 bits per heavy atom. The molecule has 3 aliphatic rings. The minimum absolute atomic E-state index is 0.579. The van der Waals surface area contributed by atoms with Crippen molar-refractivity contribution in [3.8, 4) is 0 Å². The lowest BCUT2D eigenvalue weighted by Gasteiger charge is -2.44. The van der Waals surface area contributed by atoms with Crippen molar-refractivity contribution in [2.75, 3.05) is 13.1 Å². The highest BCUT2D eigenvalue weighted by Crippen LogP contribution is 2.45. The van der Waals surface area contributed by atoms with E-state index >= 15 is 0 Å². The van der Waals surface area contributed by atoms with Crippen molar-refractivity contribution in [3.05, 3.63) is 0 Å². The molecule has 0 amide bonds. The first kappa shape index (κ1) is 10.1. The van der Waals surface area contributed by atoms with Crippen molar-refractivity contribution in [2.45, 2.75) is 63.6 Å². The third-order valence-corrected chi connectivity index (χ3v) is 4.78. The smallest absolute Gasteiger partial charge is 0.0224 e. The highest BCUT2D eigenvalue weighted by atomic mass is 15.3. The van der Waals surface area contributed by atoms with Gasteiger partial charge in [-0.3, -0.25) is 4.90 Å². The fourth-order valence-electron chi connectivity index (χ4n) is 3.13. The molecule has 0 aromatic carbocycles. The van der Waals surface area contributed by atoms with Gasteiger partial charge in [0.15, 0.2) is 0 Å². The predicted molar refractivity (Wildman–Crippen MR) is 62.9 cm³/mol. The van der Waals surface area contributed by atoms with Crippen LogP contribution in [0.1, 0.15) is 46.0 Å². The number of piperazine rings is 1. The van der Waals surface area contributed by atoms with Crippen LogP contribution < -0.4 is 5.32 Å². The first-order valence-electron chi connectivity index (χ1n) is 6.73. The zero-order chi connectivity index (χ0) is 10.5. The summed E-state index contributed by atoms with van der Waals surface area (Å²) in [7, 11) is 0. The molecule has 3 fully saturated rings. The van der Waals surface area contributed by atoms with Crippen LogP contribution in [0.15, 0.2) is 0 Å². The second-order valence-electron chi connectivity index (χ2n) is 6.06. The van der Waals surface area contributed by atoms with Gasteiger partial charge in [-0.2, -0.15) is 0 Å². The van der Waals surface area contributed by atoms with E-state index in [1.54, 1.807) is 0 Å². The van der Waals surface area contributed by atoms with Gasteiger partial charge in [-0.1, -0.05) is 6.92 Å². The molecule has 2 atom stereocenters. The van der Waals surface area contributed by atoms with Crippen molar-refractivity contribution < 1.29 is 0 Å². The molecule has 1 aliphatic heterocycles. The van der Waals surface area contributed by atoms with Crippen LogP contribution in [0, 0.1) is 5.92 Å². The van der Waals surface area contributed by atoms with Gasteiger partial charge in [0.1, 0.15) is 0 Å². The maximum absolute atomic E-state index is 3.77. The Kier molecular flexibility index (Phi) is 2.33. The van der Waals surface area contributed by atoms with Gasteiger partial charge >= 0.3 is 0 Å². The van der Waals surface area contributed by atoms with Crippen molar-refractivity contribution in [3.63, 3.8) is 0 Å². The minimum atomic E-state index is 0.579. The van der Waals surface area contributed by atoms with Crippen LogP contribution in [0.5, 0.6) is 0 Å². The molecule has 1 saturated heterocycles. The summed E-state index contributed by atoms with van der Waals surface area (Å²) in [6.07, 6.45) is 7.11. The molecule has 1 N–H and O–H groups in total. The number of nitrogens with zero attached hydrogens (tertiary/aromatic N) is 1. The molecule has 2 unspecified atom stereocenters.